The number of carbonyl (C=O) groups excluding carboxylic acids is 1. The first-order chi connectivity index (χ1) is 9.09. The molecule has 1 fully saturated rings. The summed E-state index contributed by atoms with van der Waals surface area (Å²) in [4.78, 5) is 13.5. The fourth-order valence-corrected chi connectivity index (χ4v) is 2.04. The van der Waals surface area contributed by atoms with E-state index >= 15 is 0 Å². The van der Waals surface area contributed by atoms with Gasteiger partial charge in [0, 0.05) is 26.7 Å². The van der Waals surface area contributed by atoms with Crippen molar-refractivity contribution in [3.63, 3.8) is 0 Å². The van der Waals surface area contributed by atoms with Crippen molar-refractivity contribution in [2.45, 2.75) is 6.10 Å². The number of phenolic OH excluding ortho intramolecular Hbond substituents is 1. The zero-order valence-electron chi connectivity index (χ0n) is 10.7. The highest BCUT2D eigenvalue weighted by atomic mass is 19.1. The second-order valence-electron chi connectivity index (χ2n) is 4.52. The van der Waals surface area contributed by atoms with Crippen LogP contribution in [0, 0.1) is 5.82 Å². The molecule has 1 saturated heterocycles. The van der Waals surface area contributed by atoms with Crippen LogP contribution < -0.4 is 5.32 Å². The van der Waals surface area contributed by atoms with E-state index in [0.29, 0.717) is 19.7 Å². The van der Waals surface area contributed by atoms with Gasteiger partial charge in [-0.1, -0.05) is 6.07 Å². The van der Waals surface area contributed by atoms with E-state index in [9.17, 15) is 14.3 Å². The molecule has 2 N–H and O–H groups in total. The Morgan fingerprint density at radius 3 is 3.05 bits per heavy atom. The quantitative estimate of drug-likeness (QED) is 0.842. The van der Waals surface area contributed by atoms with Crippen LogP contribution in [0.4, 0.5) is 4.39 Å². The lowest BCUT2D eigenvalue weighted by atomic mass is 10.1. The molecule has 1 aromatic rings. The lowest BCUT2D eigenvalue weighted by molar-refractivity contribution is 0.0102. The van der Waals surface area contributed by atoms with Gasteiger partial charge in [0.05, 0.1) is 12.7 Å². The first-order valence-corrected chi connectivity index (χ1v) is 6.15. The van der Waals surface area contributed by atoms with Crippen LogP contribution in [0.5, 0.6) is 5.75 Å². The Morgan fingerprint density at radius 1 is 1.63 bits per heavy atom. The van der Waals surface area contributed by atoms with Crippen molar-refractivity contribution >= 4 is 5.91 Å². The van der Waals surface area contributed by atoms with Crippen molar-refractivity contribution < 1.29 is 19.0 Å². The zero-order chi connectivity index (χ0) is 13.8. The van der Waals surface area contributed by atoms with Crippen molar-refractivity contribution in [1.29, 1.82) is 0 Å². The summed E-state index contributed by atoms with van der Waals surface area (Å²) in [5.74, 6) is -1.62. The van der Waals surface area contributed by atoms with E-state index in [4.69, 9.17) is 4.74 Å². The molecule has 1 unspecified atom stereocenters. The molecule has 1 aliphatic heterocycles. The minimum atomic E-state index is -0.723. The Morgan fingerprint density at radius 2 is 2.42 bits per heavy atom. The molecule has 0 bridgehead atoms. The van der Waals surface area contributed by atoms with E-state index in [2.05, 4.69) is 5.32 Å². The largest absolute Gasteiger partial charge is 0.507 e. The maximum Gasteiger partial charge on any atom is 0.260 e. The molecule has 6 heteroatoms. The predicted octanol–water partition coefficient (Wildman–Crippen LogP) is 0.592. The van der Waals surface area contributed by atoms with Gasteiger partial charge in [0.1, 0.15) is 17.1 Å². The number of hydrogen-bond acceptors (Lipinski definition) is 4. The van der Waals surface area contributed by atoms with Gasteiger partial charge in [0.15, 0.2) is 0 Å². The summed E-state index contributed by atoms with van der Waals surface area (Å²) in [5.41, 5.74) is -0.297. The molecular weight excluding hydrogens is 251 g/mol. The third-order valence-corrected chi connectivity index (χ3v) is 3.03. The van der Waals surface area contributed by atoms with E-state index in [0.717, 1.165) is 12.6 Å². The summed E-state index contributed by atoms with van der Waals surface area (Å²) in [6, 6.07) is 3.80. The number of rotatable bonds is 3. The molecule has 1 heterocycles. The predicted molar refractivity (Wildman–Crippen MR) is 67.6 cm³/mol. The lowest BCUT2D eigenvalue weighted by Gasteiger charge is -2.28. The van der Waals surface area contributed by atoms with Crippen molar-refractivity contribution in [2.75, 3.05) is 33.3 Å². The molecule has 0 saturated carbocycles. The highest BCUT2D eigenvalue weighted by Crippen LogP contribution is 2.21. The molecular formula is C13H17FN2O3. The van der Waals surface area contributed by atoms with Crippen molar-refractivity contribution in [1.82, 2.24) is 10.2 Å². The van der Waals surface area contributed by atoms with E-state index in [1.807, 2.05) is 0 Å². The number of likely N-dealkylation sites (N-methyl/N-ethyl adjacent to an activating group) is 1. The fourth-order valence-electron chi connectivity index (χ4n) is 2.04. The van der Waals surface area contributed by atoms with Crippen LogP contribution in [-0.2, 0) is 4.74 Å². The zero-order valence-corrected chi connectivity index (χ0v) is 10.7. The molecule has 0 spiro atoms. The molecule has 1 amide bonds. The van der Waals surface area contributed by atoms with E-state index in [-0.39, 0.29) is 17.4 Å². The molecule has 1 aliphatic rings. The minimum Gasteiger partial charge on any atom is -0.507 e. The number of benzene rings is 1. The number of carbonyl (C=O) groups is 1. The van der Waals surface area contributed by atoms with Crippen LogP contribution >= 0.6 is 0 Å². The molecule has 104 valence electrons. The Balaban J connectivity index is 2.06. The normalized spacial score (nSPS) is 19.2. The second-order valence-corrected chi connectivity index (χ2v) is 4.52. The van der Waals surface area contributed by atoms with E-state index in [1.54, 1.807) is 7.05 Å². The summed E-state index contributed by atoms with van der Waals surface area (Å²) in [6.07, 6.45) is -0.114. The third kappa shape index (κ3) is 3.21. The van der Waals surface area contributed by atoms with Crippen LogP contribution in [0.3, 0.4) is 0 Å². The van der Waals surface area contributed by atoms with Gasteiger partial charge in [-0.05, 0) is 12.1 Å². The summed E-state index contributed by atoms with van der Waals surface area (Å²) < 4.78 is 19.1. The number of ether oxygens (including phenoxy) is 1. The molecule has 2 rings (SSSR count). The number of hydrogen-bond donors (Lipinski definition) is 2. The topological polar surface area (TPSA) is 61.8 Å². The minimum absolute atomic E-state index is 0.114. The maximum atomic E-state index is 13.6. The van der Waals surface area contributed by atoms with Gasteiger partial charge in [0.25, 0.3) is 5.91 Å². The molecule has 5 nitrogen and oxygen atoms in total. The van der Waals surface area contributed by atoms with Crippen LogP contribution in [0.2, 0.25) is 0 Å². The number of aromatic hydroxyl groups is 1. The highest BCUT2D eigenvalue weighted by molar-refractivity contribution is 5.96. The number of nitrogens with zero attached hydrogens (tertiary/aromatic N) is 1. The summed E-state index contributed by atoms with van der Waals surface area (Å²) >= 11 is 0. The average molecular weight is 268 g/mol. The summed E-state index contributed by atoms with van der Waals surface area (Å²) in [7, 11) is 1.56. The van der Waals surface area contributed by atoms with Gasteiger partial charge in [-0.3, -0.25) is 4.79 Å². The smallest absolute Gasteiger partial charge is 0.260 e. The Bertz CT molecular complexity index is 441. The maximum absolute atomic E-state index is 13.6. The van der Waals surface area contributed by atoms with Gasteiger partial charge in [-0.25, -0.2) is 4.39 Å². The first-order valence-electron chi connectivity index (χ1n) is 6.15. The number of halogens is 1. The number of amides is 1. The third-order valence-electron chi connectivity index (χ3n) is 3.03. The average Bonchev–Trinajstić information content (AvgIpc) is 2.39. The number of morpholine rings is 1. The molecule has 0 aromatic heterocycles. The summed E-state index contributed by atoms with van der Waals surface area (Å²) in [6.45, 7) is 2.39. The lowest BCUT2D eigenvalue weighted by Crippen LogP contribution is -2.45. The molecule has 0 radical (unpaired) electrons. The van der Waals surface area contributed by atoms with E-state index < -0.39 is 11.7 Å². The Hall–Kier alpha value is -1.66. The summed E-state index contributed by atoms with van der Waals surface area (Å²) in [5, 5.41) is 12.7. The Kier molecular flexibility index (Phi) is 4.34. The Labute approximate surface area is 111 Å². The molecule has 1 atom stereocenters. The van der Waals surface area contributed by atoms with Gasteiger partial charge in [-0.2, -0.15) is 0 Å². The van der Waals surface area contributed by atoms with Crippen LogP contribution in [-0.4, -0.2) is 55.3 Å². The fraction of sp³-hybridized carbons (Fsp3) is 0.462. The van der Waals surface area contributed by atoms with E-state index in [1.165, 1.54) is 17.0 Å². The molecule has 0 aliphatic carbocycles. The standard InChI is InChI=1S/C13H17FN2O3/c1-16(8-9-7-15-5-6-19-9)13(18)12-10(14)3-2-4-11(12)17/h2-4,9,15,17H,5-8H2,1H3. The number of phenols is 1. The first kappa shape index (κ1) is 13.8. The van der Waals surface area contributed by atoms with Crippen LogP contribution in [0.15, 0.2) is 18.2 Å². The van der Waals surface area contributed by atoms with Gasteiger partial charge in [-0.15, -0.1) is 0 Å². The number of nitrogens with one attached hydrogen (secondary N) is 1. The molecule has 19 heavy (non-hydrogen) atoms. The van der Waals surface area contributed by atoms with Gasteiger partial charge in [0.2, 0.25) is 0 Å². The molecule has 1 aromatic carbocycles. The van der Waals surface area contributed by atoms with Gasteiger partial charge >= 0.3 is 0 Å². The van der Waals surface area contributed by atoms with Crippen LogP contribution in [0.25, 0.3) is 0 Å². The van der Waals surface area contributed by atoms with Crippen molar-refractivity contribution in [3.8, 4) is 5.75 Å². The van der Waals surface area contributed by atoms with Crippen molar-refractivity contribution in [3.05, 3.63) is 29.6 Å². The van der Waals surface area contributed by atoms with Gasteiger partial charge < -0.3 is 20.1 Å². The van der Waals surface area contributed by atoms with Crippen LogP contribution in [0.1, 0.15) is 10.4 Å². The second kappa shape index (κ2) is 5.99. The monoisotopic (exact) mass is 268 g/mol. The SMILES string of the molecule is CN(CC1CNCCO1)C(=O)c1c(O)cccc1F. The van der Waals surface area contributed by atoms with Crippen molar-refractivity contribution in [2.24, 2.45) is 0 Å². The highest BCUT2D eigenvalue weighted by Gasteiger charge is 2.23.